The van der Waals surface area contributed by atoms with E-state index in [2.05, 4.69) is 25.2 Å². The summed E-state index contributed by atoms with van der Waals surface area (Å²) in [6.45, 7) is 5.87. The number of fused-ring (bicyclic) bond motifs is 1. The molecule has 0 saturated carbocycles. The fraction of sp³-hybridized carbons (Fsp3) is 0.600. The van der Waals surface area contributed by atoms with Crippen molar-refractivity contribution in [2.75, 3.05) is 19.9 Å². The third-order valence-electron chi connectivity index (χ3n) is 3.50. The first-order valence-electron chi connectivity index (χ1n) is 6.89. The molecule has 0 spiro atoms. The van der Waals surface area contributed by atoms with Gasteiger partial charge in [-0.15, -0.1) is 0 Å². The van der Waals surface area contributed by atoms with E-state index in [-0.39, 0.29) is 12.1 Å². The molecule has 4 nitrogen and oxygen atoms in total. The van der Waals surface area contributed by atoms with Crippen LogP contribution in [0.1, 0.15) is 38.7 Å². The van der Waals surface area contributed by atoms with Gasteiger partial charge in [-0.05, 0) is 57.4 Å². The Bertz CT molecular complexity index is 418. The third kappa shape index (κ3) is 3.61. The fourth-order valence-corrected chi connectivity index (χ4v) is 2.20. The van der Waals surface area contributed by atoms with Crippen molar-refractivity contribution in [1.82, 2.24) is 5.32 Å². The Hall–Kier alpha value is -1.26. The molecule has 0 amide bonds. The van der Waals surface area contributed by atoms with Crippen LogP contribution in [0.25, 0.3) is 0 Å². The molecule has 1 heterocycles. The summed E-state index contributed by atoms with van der Waals surface area (Å²) >= 11 is 0. The first-order chi connectivity index (χ1) is 9.13. The van der Waals surface area contributed by atoms with Crippen LogP contribution in [0.3, 0.4) is 0 Å². The Morgan fingerprint density at radius 3 is 2.74 bits per heavy atom. The maximum absolute atomic E-state index is 8.75. The van der Waals surface area contributed by atoms with Gasteiger partial charge in [-0.1, -0.05) is 6.07 Å². The molecule has 4 heteroatoms. The Morgan fingerprint density at radius 1 is 1.16 bits per heavy atom. The van der Waals surface area contributed by atoms with Gasteiger partial charge in [-0.2, -0.15) is 0 Å². The van der Waals surface area contributed by atoms with E-state index in [4.69, 9.17) is 14.6 Å². The minimum absolute atomic E-state index is 0.0970. The Kier molecular flexibility index (Phi) is 4.66. The van der Waals surface area contributed by atoms with Crippen LogP contribution in [-0.2, 0) is 5.54 Å². The van der Waals surface area contributed by atoms with Crippen molar-refractivity contribution in [3.05, 3.63) is 23.8 Å². The number of aliphatic hydroxyl groups excluding tert-OH is 1. The van der Waals surface area contributed by atoms with E-state index in [0.29, 0.717) is 6.79 Å². The molecule has 1 aliphatic rings. The molecule has 106 valence electrons. The lowest BCUT2D eigenvalue weighted by Gasteiger charge is -2.27. The van der Waals surface area contributed by atoms with Gasteiger partial charge in [0.15, 0.2) is 11.5 Å². The van der Waals surface area contributed by atoms with Crippen molar-refractivity contribution in [3.63, 3.8) is 0 Å². The van der Waals surface area contributed by atoms with E-state index < -0.39 is 0 Å². The molecule has 1 aliphatic heterocycles. The zero-order valence-corrected chi connectivity index (χ0v) is 11.7. The summed E-state index contributed by atoms with van der Waals surface area (Å²) in [6, 6.07) is 6.09. The molecule has 0 fully saturated rings. The van der Waals surface area contributed by atoms with Gasteiger partial charge in [0.1, 0.15) is 0 Å². The summed E-state index contributed by atoms with van der Waals surface area (Å²) < 4.78 is 10.7. The topological polar surface area (TPSA) is 50.7 Å². The van der Waals surface area contributed by atoms with Crippen LogP contribution in [-0.4, -0.2) is 25.1 Å². The average molecular weight is 265 g/mol. The lowest BCUT2D eigenvalue weighted by atomic mass is 9.93. The molecule has 19 heavy (non-hydrogen) atoms. The Labute approximate surface area is 114 Å². The van der Waals surface area contributed by atoms with Gasteiger partial charge in [0.05, 0.1) is 0 Å². The first kappa shape index (κ1) is 14.2. The number of nitrogens with one attached hydrogen (secondary N) is 1. The molecule has 2 N–H and O–H groups in total. The highest BCUT2D eigenvalue weighted by atomic mass is 16.7. The summed E-state index contributed by atoms with van der Waals surface area (Å²) in [6.07, 6.45) is 3.02. The number of hydrogen-bond donors (Lipinski definition) is 2. The highest BCUT2D eigenvalue weighted by molar-refractivity contribution is 5.46. The SMILES string of the molecule is CC(C)(NCCCCCO)c1ccc2c(c1)OCO2. The molecule has 1 aromatic rings. The minimum atomic E-state index is -0.0970. The molecule has 0 bridgehead atoms. The zero-order chi connectivity index (χ0) is 13.7. The van der Waals surface area contributed by atoms with E-state index in [0.717, 1.165) is 37.3 Å². The van der Waals surface area contributed by atoms with Crippen LogP contribution in [0.2, 0.25) is 0 Å². The summed E-state index contributed by atoms with van der Waals surface area (Å²) in [5.41, 5.74) is 1.10. The van der Waals surface area contributed by atoms with Crippen LogP contribution in [0.5, 0.6) is 11.5 Å². The summed E-state index contributed by atoms with van der Waals surface area (Å²) in [7, 11) is 0. The molecule has 0 atom stereocenters. The minimum Gasteiger partial charge on any atom is -0.454 e. The van der Waals surface area contributed by atoms with Crippen molar-refractivity contribution in [2.45, 2.75) is 38.6 Å². The van der Waals surface area contributed by atoms with E-state index >= 15 is 0 Å². The second-order valence-electron chi connectivity index (χ2n) is 5.40. The Morgan fingerprint density at radius 2 is 1.95 bits per heavy atom. The second-order valence-corrected chi connectivity index (χ2v) is 5.40. The fourth-order valence-electron chi connectivity index (χ4n) is 2.20. The molecule has 2 rings (SSSR count). The predicted octanol–water partition coefficient (Wildman–Crippen LogP) is 2.40. The van der Waals surface area contributed by atoms with E-state index in [9.17, 15) is 0 Å². The maximum atomic E-state index is 8.75. The normalized spacial score (nSPS) is 13.8. The van der Waals surface area contributed by atoms with Gasteiger partial charge in [-0.25, -0.2) is 0 Å². The van der Waals surface area contributed by atoms with Gasteiger partial charge >= 0.3 is 0 Å². The van der Waals surface area contributed by atoms with Gasteiger partial charge in [0.2, 0.25) is 6.79 Å². The quantitative estimate of drug-likeness (QED) is 0.743. The van der Waals surface area contributed by atoms with Gasteiger partial charge < -0.3 is 19.9 Å². The van der Waals surface area contributed by atoms with Crippen LogP contribution in [0.15, 0.2) is 18.2 Å². The first-order valence-corrected chi connectivity index (χ1v) is 6.89. The zero-order valence-electron chi connectivity index (χ0n) is 11.7. The van der Waals surface area contributed by atoms with Crippen LogP contribution in [0.4, 0.5) is 0 Å². The number of rotatable bonds is 7. The highest BCUT2D eigenvalue weighted by Crippen LogP contribution is 2.35. The van der Waals surface area contributed by atoms with Gasteiger partial charge in [0, 0.05) is 12.1 Å². The van der Waals surface area contributed by atoms with E-state index in [1.165, 1.54) is 5.56 Å². The summed E-state index contributed by atoms with van der Waals surface area (Å²) in [5, 5.41) is 12.3. The number of ether oxygens (including phenoxy) is 2. The van der Waals surface area contributed by atoms with Crippen LogP contribution in [0, 0.1) is 0 Å². The van der Waals surface area contributed by atoms with Gasteiger partial charge in [-0.3, -0.25) is 0 Å². The van der Waals surface area contributed by atoms with Crippen molar-refractivity contribution in [2.24, 2.45) is 0 Å². The van der Waals surface area contributed by atoms with E-state index in [1.54, 1.807) is 0 Å². The molecular weight excluding hydrogens is 242 g/mol. The number of aliphatic hydroxyl groups is 1. The maximum Gasteiger partial charge on any atom is 0.231 e. The van der Waals surface area contributed by atoms with Gasteiger partial charge in [0.25, 0.3) is 0 Å². The van der Waals surface area contributed by atoms with Crippen LogP contribution >= 0.6 is 0 Å². The molecule has 0 aromatic heterocycles. The summed E-state index contributed by atoms with van der Waals surface area (Å²) in [5.74, 6) is 1.65. The lowest BCUT2D eigenvalue weighted by molar-refractivity contribution is 0.174. The summed E-state index contributed by atoms with van der Waals surface area (Å²) in [4.78, 5) is 0. The average Bonchev–Trinajstić information content (AvgIpc) is 2.85. The monoisotopic (exact) mass is 265 g/mol. The molecule has 1 aromatic carbocycles. The van der Waals surface area contributed by atoms with Crippen LogP contribution < -0.4 is 14.8 Å². The highest BCUT2D eigenvalue weighted by Gasteiger charge is 2.23. The third-order valence-corrected chi connectivity index (χ3v) is 3.50. The van der Waals surface area contributed by atoms with E-state index in [1.807, 2.05) is 12.1 Å². The van der Waals surface area contributed by atoms with Crippen molar-refractivity contribution >= 4 is 0 Å². The molecule has 0 saturated heterocycles. The standard InChI is InChI=1S/C15H23NO3/c1-15(2,16-8-4-3-5-9-17)12-6-7-13-14(10-12)19-11-18-13/h6-7,10,16-17H,3-5,8-9,11H2,1-2H3. The molecule has 0 unspecified atom stereocenters. The molecular formula is C15H23NO3. The lowest BCUT2D eigenvalue weighted by Crippen LogP contribution is -2.37. The van der Waals surface area contributed by atoms with Crippen molar-refractivity contribution in [3.8, 4) is 11.5 Å². The number of unbranched alkanes of at least 4 members (excludes halogenated alkanes) is 2. The largest absolute Gasteiger partial charge is 0.454 e. The predicted molar refractivity (Wildman–Crippen MR) is 74.5 cm³/mol. The number of benzene rings is 1. The smallest absolute Gasteiger partial charge is 0.231 e. The Balaban J connectivity index is 1.91. The van der Waals surface area contributed by atoms with Crippen molar-refractivity contribution in [1.29, 1.82) is 0 Å². The van der Waals surface area contributed by atoms with Crippen molar-refractivity contribution < 1.29 is 14.6 Å². The second kappa shape index (κ2) is 6.26. The molecule has 0 aliphatic carbocycles. The molecule has 0 radical (unpaired) electrons. The number of hydrogen-bond acceptors (Lipinski definition) is 4.